The molecule has 5 nitrogen and oxygen atoms in total. The second-order valence-electron chi connectivity index (χ2n) is 4.09. The summed E-state index contributed by atoms with van der Waals surface area (Å²) in [6.45, 7) is 7.77. The minimum absolute atomic E-state index is 0.293. The lowest BCUT2D eigenvalue weighted by Gasteiger charge is -2.24. The van der Waals surface area contributed by atoms with Crippen molar-refractivity contribution in [2.24, 2.45) is 7.05 Å². The molecule has 0 spiro atoms. The smallest absolute Gasteiger partial charge is 0.339 e. The van der Waals surface area contributed by atoms with Crippen molar-refractivity contribution in [1.29, 1.82) is 0 Å². The van der Waals surface area contributed by atoms with E-state index in [-0.39, 0.29) is 0 Å². The molecular weight excluding hydrogens is 206 g/mol. The summed E-state index contributed by atoms with van der Waals surface area (Å²) in [5.41, 5.74) is 1.05. The molecule has 0 aliphatic heterocycles. The Morgan fingerprint density at radius 2 is 2.25 bits per heavy atom. The van der Waals surface area contributed by atoms with Crippen molar-refractivity contribution in [2.45, 2.75) is 33.4 Å². The van der Waals surface area contributed by atoms with Crippen LogP contribution in [0.5, 0.6) is 0 Å². The van der Waals surface area contributed by atoms with Crippen LogP contribution in [0.1, 0.15) is 36.8 Å². The summed E-state index contributed by atoms with van der Waals surface area (Å²) in [6.07, 6.45) is 1.41. The third-order valence-corrected chi connectivity index (χ3v) is 2.78. The number of carboxylic acid groups (broad SMARTS) is 1. The molecule has 1 heterocycles. The quantitative estimate of drug-likeness (QED) is 0.821. The van der Waals surface area contributed by atoms with Gasteiger partial charge in [0.2, 0.25) is 0 Å². The van der Waals surface area contributed by atoms with E-state index >= 15 is 0 Å². The molecule has 0 aromatic carbocycles. The van der Waals surface area contributed by atoms with Gasteiger partial charge in [0.25, 0.3) is 0 Å². The summed E-state index contributed by atoms with van der Waals surface area (Å²) in [6, 6.07) is 0.390. The van der Waals surface area contributed by atoms with E-state index in [2.05, 4.69) is 30.8 Å². The summed E-state index contributed by atoms with van der Waals surface area (Å²) in [5.74, 6) is -0.914. The Kier molecular flexibility index (Phi) is 4.06. The van der Waals surface area contributed by atoms with Gasteiger partial charge >= 0.3 is 5.97 Å². The number of hydrogen-bond donors (Lipinski definition) is 1. The van der Waals surface area contributed by atoms with Crippen molar-refractivity contribution in [3.8, 4) is 0 Å². The number of aromatic carboxylic acids is 1. The highest BCUT2D eigenvalue weighted by Crippen LogP contribution is 2.12. The number of rotatable bonds is 5. The molecule has 90 valence electrons. The highest BCUT2D eigenvalue weighted by Gasteiger charge is 2.18. The molecule has 0 aliphatic rings. The van der Waals surface area contributed by atoms with Gasteiger partial charge in [0.1, 0.15) is 5.56 Å². The molecule has 5 heteroatoms. The Morgan fingerprint density at radius 1 is 1.62 bits per heavy atom. The van der Waals surface area contributed by atoms with E-state index in [1.54, 1.807) is 11.7 Å². The molecule has 1 aromatic rings. The highest BCUT2D eigenvalue weighted by molar-refractivity contribution is 5.88. The first-order valence-electron chi connectivity index (χ1n) is 5.45. The van der Waals surface area contributed by atoms with E-state index in [0.29, 0.717) is 18.2 Å². The van der Waals surface area contributed by atoms with E-state index in [1.165, 1.54) is 6.20 Å². The van der Waals surface area contributed by atoms with Crippen LogP contribution in [-0.2, 0) is 13.6 Å². The van der Waals surface area contributed by atoms with Crippen molar-refractivity contribution < 1.29 is 9.90 Å². The first-order chi connectivity index (χ1) is 7.47. The van der Waals surface area contributed by atoms with E-state index in [1.807, 2.05) is 0 Å². The lowest BCUT2D eigenvalue weighted by atomic mass is 10.2. The predicted octanol–water partition coefficient (Wildman–Crippen LogP) is 1.35. The van der Waals surface area contributed by atoms with Gasteiger partial charge in [0, 0.05) is 19.6 Å². The molecule has 1 aromatic heterocycles. The monoisotopic (exact) mass is 225 g/mol. The zero-order chi connectivity index (χ0) is 12.3. The summed E-state index contributed by atoms with van der Waals surface area (Å²) in [7, 11) is 1.77. The summed E-state index contributed by atoms with van der Waals surface area (Å²) in [5, 5.41) is 13.0. The molecule has 1 N–H and O–H groups in total. The van der Waals surface area contributed by atoms with Gasteiger partial charge in [-0.1, -0.05) is 6.92 Å². The van der Waals surface area contributed by atoms with E-state index in [0.717, 1.165) is 12.2 Å². The topological polar surface area (TPSA) is 58.4 Å². The number of carboxylic acids is 1. The van der Waals surface area contributed by atoms with Crippen molar-refractivity contribution in [3.05, 3.63) is 17.5 Å². The van der Waals surface area contributed by atoms with Gasteiger partial charge < -0.3 is 5.11 Å². The van der Waals surface area contributed by atoms with Crippen LogP contribution in [-0.4, -0.2) is 38.3 Å². The van der Waals surface area contributed by atoms with Crippen molar-refractivity contribution >= 4 is 5.97 Å². The molecule has 0 atom stereocenters. The minimum Gasteiger partial charge on any atom is -0.478 e. The van der Waals surface area contributed by atoms with Gasteiger partial charge in [0.15, 0.2) is 0 Å². The van der Waals surface area contributed by atoms with Gasteiger partial charge in [-0.2, -0.15) is 5.10 Å². The first kappa shape index (κ1) is 12.7. The fourth-order valence-electron chi connectivity index (χ4n) is 1.68. The van der Waals surface area contributed by atoms with Gasteiger partial charge in [0.05, 0.1) is 11.9 Å². The number of carbonyl (C=O) groups is 1. The molecule has 0 fully saturated rings. The Hall–Kier alpha value is -1.36. The van der Waals surface area contributed by atoms with Crippen LogP contribution in [0.2, 0.25) is 0 Å². The largest absolute Gasteiger partial charge is 0.478 e. The molecule has 1 rings (SSSR count). The third-order valence-electron chi connectivity index (χ3n) is 2.78. The maximum Gasteiger partial charge on any atom is 0.339 e. The van der Waals surface area contributed by atoms with Crippen LogP contribution in [0, 0.1) is 0 Å². The molecule has 0 saturated carbocycles. The van der Waals surface area contributed by atoms with Crippen LogP contribution in [0.3, 0.4) is 0 Å². The van der Waals surface area contributed by atoms with Gasteiger partial charge in [-0.3, -0.25) is 9.58 Å². The fraction of sp³-hybridized carbons (Fsp3) is 0.636. The van der Waals surface area contributed by atoms with Crippen molar-refractivity contribution in [3.63, 3.8) is 0 Å². The van der Waals surface area contributed by atoms with Gasteiger partial charge in [-0.15, -0.1) is 0 Å². The van der Waals surface area contributed by atoms with Crippen LogP contribution >= 0.6 is 0 Å². The SMILES string of the molecule is CCN(Cc1c(C(=O)O)cnn1C)C(C)C. The Balaban J connectivity index is 2.94. The van der Waals surface area contributed by atoms with Crippen molar-refractivity contribution in [1.82, 2.24) is 14.7 Å². The normalized spacial score (nSPS) is 11.4. The summed E-state index contributed by atoms with van der Waals surface area (Å²) in [4.78, 5) is 13.2. The van der Waals surface area contributed by atoms with Crippen molar-refractivity contribution in [2.75, 3.05) is 6.54 Å². The lowest BCUT2D eigenvalue weighted by Crippen LogP contribution is -2.31. The molecule has 0 unspecified atom stereocenters. The zero-order valence-corrected chi connectivity index (χ0v) is 10.3. The average molecular weight is 225 g/mol. The lowest BCUT2D eigenvalue weighted by molar-refractivity contribution is 0.0693. The van der Waals surface area contributed by atoms with E-state index in [9.17, 15) is 4.79 Å². The number of aromatic nitrogens is 2. The fourth-order valence-corrected chi connectivity index (χ4v) is 1.68. The van der Waals surface area contributed by atoms with Crippen LogP contribution in [0.15, 0.2) is 6.20 Å². The number of nitrogens with zero attached hydrogens (tertiary/aromatic N) is 3. The third kappa shape index (κ3) is 2.61. The molecular formula is C11H19N3O2. The molecule has 0 amide bonds. The molecule has 0 bridgehead atoms. The number of hydrogen-bond acceptors (Lipinski definition) is 3. The molecule has 0 saturated heterocycles. The molecule has 0 radical (unpaired) electrons. The predicted molar refractivity (Wildman–Crippen MR) is 61.4 cm³/mol. The average Bonchev–Trinajstić information content (AvgIpc) is 2.56. The second kappa shape index (κ2) is 5.12. The Labute approximate surface area is 95.7 Å². The Bertz CT molecular complexity index is 371. The summed E-state index contributed by atoms with van der Waals surface area (Å²) >= 11 is 0. The minimum atomic E-state index is -0.914. The summed E-state index contributed by atoms with van der Waals surface area (Å²) < 4.78 is 1.63. The molecule has 16 heavy (non-hydrogen) atoms. The number of aryl methyl sites for hydroxylation is 1. The highest BCUT2D eigenvalue weighted by atomic mass is 16.4. The van der Waals surface area contributed by atoms with Gasteiger partial charge in [-0.05, 0) is 20.4 Å². The standard InChI is InChI=1S/C11H19N3O2/c1-5-14(8(2)3)7-10-9(11(15)16)6-12-13(10)4/h6,8H,5,7H2,1-4H3,(H,15,16). The van der Waals surface area contributed by atoms with Gasteiger partial charge in [-0.25, -0.2) is 4.79 Å². The van der Waals surface area contributed by atoms with Crippen LogP contribution in [0.4, 0.5) is 0 Å². The van der Waals surface area contributed by atoms with E-state index in [4.69, 9.17) is 5.11 Å². The van der Waals surface area contributed by atoms with Crippen LogP contribution in [0.25, 0.3) is 0 Å². The zero-order valence-electron chi connectivity index (χ0n) is 10.3. The second-order valence-corrected chi connectivity index (χ2v) is 4.09. The van der Waals surface area contributed by atoms with Crippen LogP contribution < -0.4 is 0 Å². The molecule has 0 aliphatic carbocycles. The maximum atomic E-state index is 11.0. The Morgan fingerprint density at radius 3 is 2.69 bits per heavy atom. The maximum absolute atomic E-state index is 11.0. The first-order valence-corrected chi connectivity index (χ1v) is 5.45. The van der Waals surface area contributed by atoms with E-state index < -0.39 is 5.97 Å².